The summed E-state index contributed by atoms with van der Waals surface area (Å²) in [7, 11) is 0. The molecule has 1 saturated carbocycles. The number of carbonyl (C=O) groups is 1. The molecule has 2 aliphatic rings. The van der Waals surface area contributed by atoms with E-state index in [1.165, 1.54) is 6.33 Å². The maximum absolute atomic E-state index is 12.2. The van der Waals surface area contributed by atoms with Gasteiger partial charge in [0.25, 0.3) is 0 Å². The van der Waals surface area contributed by atoms with E-state index in [2.05, 4.69) is 15.0 Å². The first-order valence-corrected chi connectivity index (χ1v) is 8.26. The Morgan fingerprint density at radius 2 is 2.05 bits per heavy atom. The minimum Gasteiger partial charge on any atom is -0.391 e. The van der Waals surface area contributed by atoms with E-state index in [4.69, 9.17) is 0 Å². The lowest BCUT2D eigenvalue weighted by atomic mass is 10.1. The van der Waals surface area contributed by atoms with E-state index in [-0.39, 0.29) is 12.0 Å². The van der Waals surface area contributed by atoms with Gasteiger partial charge in [0.15, 0.2) is 0 Å². The van der Waals surface area contributed by atoms with Crippen molar-refractivity contribution in [3.05, 3.63) is 12.7 Å². The van der Waals surface area contributed by atoms with E-state index in [1.807, 2.05) is 4.90 Å². The molecule has 1 aromatic heterocycles. The minimum absolute atomic E-state index is 0.176. The Kier molecular flexibility index (Phi) is 5.04. The minimum atomic E-state index is -0.176. The monoisotopic (exact) mass is 307 g/mol. The van der Waals surface area contributed by atoms with Gasteiger partial charge in [0, 0.05) is 45.2 Å². The van der Waals surface area contributed by atoms with Crippen molar-refractivity contribution < 1.29 is 9.90 Å². The highest BCUT2D eigenvalue weighted by Crippen LogP contribution is 2.25. The van der Waals surface area contributed by atoms with Gasteiger partial charge in [0.05, 0.1) is 6.10 Å². The summed E-state index contributed by atoms with van der Waals surface area (Å²) in [6.45, 7) is 4.07. The molecule has 7 heteroatoms. The summed E-state index contributed by atoms with van der Waals surface area (Å²) in [6, 6.07) is 0.310. The first kappa shape index (κ1) is 15.4. The molecule has 1 N–H and O–H groups in total. The zero-order valence-corrected chi connectivity index (χ0v) is 13.0. The molecule has 1 aliphatic carbocycles. The van der Waals surface area contributed by atoms with E-state index in [0.29, 0.717) is 12.5 Å². The number of amides is 1. The smallest absolute Gasteiger partial charge is 0.222 e. The van der Waals surface area contributed by atoms with Crippen molar-refractivity contribution in [1.29, 1.82) is 0 Å². The number of hydrogen-bond acceptors (Lipinski definition) is 5. The van der Waals surface area contributed by atoms with Crippen molar-refractivity contribution in [2.45, 2.75) is 50.8 Å². The summed E-state index contributed by atoms with van der Waals surface area (Å²) in [4.78, 5) is 20.4. The normalized spacial score (nSPS) is 26.5. The van der Waals surface area contributed by atoms with Gasteiger partial charge in [-0.25, -0.2) is 4.98 Å². The van der Waals surface area contributed by atoms with E-state index in [9.17, 15) is 9.90 Å². The summed E-state index contributed by atoms with van der Waals surface area (Å²) in [5, 5.41) is 14.0. The van der Waals surface area contributed by atoms with Crippen molar-refractivity contribution >= 4 is 5.91 Å². The fraction of sp³-hybridized carbons (Fsp3) is 0.800. The number of hydrogen-bond donors (Lipinski definition) is 1. The molecule has 1 aliphatic heterocycles. The van der Waals surface area contributed by atoms with E-state index >= 15 is 0 Å². The standard InChI is InChI=1S/C15H25N5O2/c21-14-4-1-3-13(14)18-7-9-19(10-8-18)15(22)5-2-6-20-12-16-11-17-20/h11-14,21H,1-10H2/t13-,14-/m1/s1. The van der Waals surface area contributed by atoms with Crippen LogP contribution in [0.1, 0.15) is 32.1 Å². The Morgan fingerprint density at radius 3 is 2.68 bits per heavy atom. The number of aliphatic hydroxyl groups excluding tert-OH is 1. The Morgan fingerprint density at radius 1 is 1.23 bits per heavy atom. The third-order valence-electron chi connectivity index (χ3n) is 4.82. The molecule has 122 valence electrons. The fourth-order valence-electron chi connectivity index (χ4n) is 3.55. The van der Waals surface area contributed by atoms with Gasteiger partial charge in [-0.05, 0) is 25.7 Å². The van der Waals surface area contributed by atoms with Crippen LogP contribution in [0.5, 0.6) is 0 Å². The average molecular weight is 307 g/mol. The number of piperazine rings is 1. The van der Waals surface area contributed by atoms with Crippen molar-refractivity contribution in [2.24, 2.45) is 0 Å². The quantitative estimate of drug-likeness (QED) is 0.836. The molecular formula is C15H25N5O2. The highest BCUT2D eigenvalue weighted by atomic mass is 16.3. The average Bonchev–Trinajstić information content (AvgIpc) is 3.19. The molecule has 2 heterocycles. The molecule has 1 amide bonds. The number of aryl methyl sites for hydroxylation is 1. The van der Waals surface area contributed by atoms with Gasteiger partial charge in [0.2, 0.25) is 5.91 Å². The molecule has 7 nitrogen and oxygen atoms in total. The van der Waals surface area contributed by atoms with Crippen LogP contribution in [-0.4, -0.2) is 73.9 Å². The number of carbonyl (C=O) groups excluding carboxylic acids is 1. The zero-order valence-electron chi connectivity index (χ0n) is 13.0. The van der Waals surface area contributed by atoms with Gasteiger partial charge in [-0.2, -0.15) is 5.10 Å². The molecule has 1 aromatic rings. The Balaban J connectivity index is 1.38. The lowest BCUT2D eigenvalue weighted by molar-refractivity contribution is -0.133. The third kappa shape index (κ3) is 3.64. The van der Waals surface area contributed by atoms with Crippen LogP contribution >= 0.6 is 0 Å². The number of rotatable bonds is 5. The summed E-state index contributed by atoms with van der Waals surface area (Å²) < 4.78 is 1.76. The van der Waals surface area contributed by atoms with Gasteiger partial charge in [-0.1, -0.05) is 0 Å². The molecule has 1 saturated heterocycles. The SMILES string of the molecule is O=C(CCCn1cncn1)N1CCN([C@@H]2CCC[C@H]2O)CC1. The summed E-state index contributed by atoms with van der Waals surface area (Å²) >= 11 is 0. The predicted octanol–water partition coefficient (Wildman–Crippen LogP) is 0.116. The van der Waals surface area contributed by atoms with Crippen LogP contribution in [0.15, 0.2) is 12.7 Å². The number of aromatic nitrogens is 3. The summed E-state index contributed by atoms with van der Waals surface area (Å²) in [6.07, 6.45) is 7.50. The maximum atomic E-state index is 12.2. The van der Waals surface area contributed by atoms with Crippen LogP contribution in [0.25, 0.3) is 0 Å². The second-order valence-corrected chi connectivity index (χ2v) is 6.24. The second-order valence-electron chi connectivity index (χ2n) is 6.24. The molecule has 0 unspecified atom stereocenters. The fourth-order valence-corrected chi connectivity index (χ4v) is 3.55. The summed E-state index contributed by atoms with van der Waals surface area (Å²) in [5.41, 5.74) is 0. The molecule has 2 atom stereocenters. The van der Waals surface area contributed by atoms with Crippen LogP contribution in [0, 0.1) is 0 Å². The third-order valence-corrected chi connectivity index (χ3v) is 4.82. The van der Waals surface area contributed by atoms with Crippen molar-refractivity contribution in [2.75, 3.05) is 26.2 Å². The van der Waals surface area contributed by atoms with Gasteiger partial charge in [-0.3, -0.25) is 14.4 Å². The maximum Gasteiger partial charge on any atom is 0.222 e. The summed E-state index contributed by atoms with van der Waals surface area (Å²) in [5.74, 6) is 0.228. The highest BCUT2D eigenvalue weighted by molar-refractivity contribution is 5.76. The van der Waals surface area contributed by atoms with E-state index in [1.54, 1.807) is 11.0 Å². The van der Waals surface area contributed by atoms with Crippen LogP contribution in [-0.2, 0) is 11.3 Å². The van der Waals surface area contributed by atoms with Crippen LogP contribution in [0.4, 0.5) is 0 Å². The molecule has 22 heavy (non-hydrogen) atoms. The Hall–Kier alpha value is -1.47. The number of nitrogens with zero attached hydrogens (tertiary/aromatic N) is 5. The predicted molar refractivity (Wildman–Crippen MR) is 81.1 cm³/mol. The second kappa shape index (κ2) is 7.19. The van der Waals surface area contributed by atoms with E-state index in [0.717, 1.165) is 58.4 Å². The first-order valence-electron chi connectivity index (χ1n) is 8.26. The van der Waals surface area contributed by atoms with Gasteiger partial charge in [0.1, 0.15) is 12.7 Å². The van der Waals surface area contributed by atoms with Crippen LogP contribution in [0.3, 0.4) is 0 Å². The van der Waals surface area contributed by atoms with Gasteiger partial charge in [-0.15, -0.1) is 0 Å². The lowest BCUT2D eigenvalue weighted by Gasteiger charge is -2.39. The van der Waals surface area contributed by atoms with E-state index < -0.39 is 0 Å². The molecule has 0 spiro atoms. The molecule has 0 radical (unpaired) electrons. The van der Waals surface area contributed by atoms with Crippen molar-refractivity contribution in [1.82, 2.24) is 24.6 Å². The molecular weight excluding hydrogens is 282 g/mol. The topological polar surface area (TPSA) is 74.5 Å². The zero-order chi connectivity index (χ0) is 15.4. The van der Waals surface area contributed by atoms with Crippen molar-refractivity contribution in [3.8, 4) is 0 Å². The molecule has 0 aromatic carbocycles. The molecule has 2 fully saturated rings. The molecule has 0 bridgehead atoms. The first-order chi connectivity index (χ1) is 10.7. The lowest BCUT2D eigenvalue weighted by Crippen LogP contribution is -2.53. The Bertz CT molecular complexity index is 470. The van der Waals surface area contributed by atoms with Gasteiger partial charge >= 0.3 is 0 Å². The Labute approximate surface area is 130 Å². The van der Waals surface area contributed by atoms with Crippen LogP contribution < -0.4 is 0 Å². The highest BCUT2D eigenvalue weighted by Gasteiger charge is 2.33. The van der Waals surface area contributed by atoms with Crippen LogP contribution in [0.2, 0.25) is 0 Å². The molecule has 3 rings (SSSR count). The number of aliphatic hydroxyl groups is 1. The van der Waals surface area contributed by atoms with Gasteiger partial charge < -0.3 is 10.0 Å². The largest absolute Gasteiger partial charge is 0.391 e. The van der Waals surface area contributed by atoms with Crippen molar-refractivity contribution in [3.63, 3.8) is 0 Å².